The predicted molar refractivity (Wildman–Crippen MR) is 83.0 cm³/mol. The number of hydrogen-bond acceptors (Lipinski definition) is 3. The Kier molecular flexibility index (Phi) is 5.28. The largest absolute Gasteiger partial charge is 0.598 e. The molecule has 1 aromatic carbocycles. The van der Waals surface area contributed by atoms with Crippen LogP contribution in [0.3, 0.4) is 0 Å². The van der Waals surface area contributed by atoms with Crippen molar-refractivity contribution in [3.05, 3.63) is 27.1 Å². The Balaban J connectivity index is 2.88. The van der Waals surface area contributed by atoms with Crippen molar-refractivity contribution in [2.45, 2.75) is 38.5 Å². The van der Waals surface area contributed by atoms with E-state index in [9.17, 15) is 8.94 Å². The van der Waals surface area contributed by atoms with Crippen molar-refractivity contribution in [2.24, 2.45) is 0 Å². The van der Waals surface area contributed by atoms with E-state index in [0.29, 0.717) is 3.57 Å². The maximum Gasteiger partial charge on any atom is 0.147 e. The highest BCUT2D eigenvalue weighted by molar-refractivity contribution is 14.1. The summed E-state index contributed by atoms with van der Waals surface area (Å²) in [5.74, 6) is -0.438. The van der Waals surface area contributed by atoms with E-state index >= 15 is 0 Å². The van der Waals surface area contributed by atoms with Gasteiger partial charge in [0.25, 0.3) is 0 Å². The van der Waals surface area contributed by atoms with Crippen LogP contribution in [-0.4, -0.2) is 9.30 Å². The summed E-state index contributed by atoms with van der Waals surface area (Å²) in [5.41, 5.74) is 6.45. The maximum absolute atomic E-state index is 13.5. The molecule has 102 valence electrons. The number of nitrogens with two attached hydrogens (primary N) is 1. The van der Waals surface area contributed by atoms with Crippen LogP contribution in [0.2, 0.25) is 0 Å². The fraction of sp³-hybridized carbons (Fsp3) is 0.500. The van der Waals surface area contributed by atoms with Crippen molar-refractivity contribution in [1.82, 2.24) is 4.72 Å². The van der Waals surface area contributed by atoms with Crippen LogP contribution in [0.5, 0.6) is 0 Å². The van der Waals surface area contributed by atoms with Crippen LogP contribution in [0.15, 0.2) is 12.1 Å². The summed E-state index contributed by atoms with van der Waals surface area (Å²) in [5, 5.41) is 0. The van der Waals surface area contributed by atoms with E-state index in [2.05, 4.69) is 4.72 Å². The van der Waals surface area contributed by atoms with Crippen molar-refractivity contribution in [2.75, 3.05) is 5.73 Å². The lowest BCUT2D eigenvalue weighted by Gasteiger charge is -2.26. The van der Waals surface area contributed by atoms with Gasteiger partial charge in [-0.25, -0.2) is 4.39 Å². The summed E-state index contributed by atoms with van der Waals surface area (Å²) < 4.78 is 28.8. The first kappa shape index (κ1) is 16.0. The van der Waals surface area contributed by atoms with E-state index < -0.39 is 17.2 Å². The van der Waals surface area contributed by atoms with Gasteiger partial charge in [0.15, 0.2) is 0 Å². The van der Waals surface area contributed by atoms with E-state index in [-0.39, 0.29) is 16.5 Å². The lowest BCUT2D eigenvalue weighted by atomic mass is 10.1. The molecule has 0 aliphatic carbocycles. The molecule has 0 heterocycles. The summed E-state index contributed by atoms with van der Waals surface area (Å²) >= 11 is 0.798. The smallest absolute Gasteiger partial charge is 0.147 e. The molecule has 18 heavy (non-hydrogen) atoms. The predicted octanol–water partition coefficient (Wildman–Crippen LogP) is 3.13. The quantitative estimate of drug-likeness (QED) is 0.478. The van der Waals surface area contributed by atoms with Gasteiger partial charge in [-0.15, -0.1) is 4.72 Å². The number of hydrogen-bond donors (Lipinski definition) is 2. The topological polar surface area (TPSA) is 61.1 Å². The zero-order valence-corrected chi connectivity index (χ0v) is 13.9. The highest BCUT2D eigenvalue weighted by atomic mass is 127. The minimum Gasteiger partial charge on any atom is -0.598 e. The zero-order chi connectivity index (χ0) is 14.1. The average molecular weight is 384 g/mol. The molecule has 1 unspecified atom stereocenters. The molecule has 0 saturated carbocycles. The van der Waals surface area contributed by atoms with Crippen molar-refractivity contribution in [3.8, 4) is 0 Å². The van der Waals surface area contributed by atoms with E-state index in [4.69, 9.17) is 5.73 Å². The molecule has 3 nitrogen and oxygen atoms in total. The fourth-order valence-corrected chi connectivity index (χ4v) is 2.69. The molecule has 0 aromatic heterocycles. The van der Waals surface area contributed by atoms with Gasteiger partial charge >= 0.3 is 0 Å². The van der Waals surface area contributed by atoms with Gasteiger partial charge in [0.2, 0.25) is 0 Å². The summed E-state index contributed by atoms with van der Waals surface area (Å²) in [6, 6.07) is 2.99. The van der Waals surface area contributed by atoms with E-state index in [0.717, 1.165) is 5.56 Å². The van der Waals surface area contributed by atoms with Crippen molar-refractivity contribution in [3.63, 3.8) is 0 Å². The van der Waals surface area contributed by atoms with Gasteiger partial charge in [-0.3, -0.25) is 0 Å². The third kappa shape index (κ3) is 3.97. The normalized spacial score (nSPS) is 15.5. The van der Waals surface area contributed by atoms with E-state index in [1.54, 1.807) is 6.07 Å². The number of anilines is 1. The minimum absolute atomic E-state index is 0.156. The van der Waals surface area contributed by atoms with E-state index in [1.165, 1.54) is 6.07 Å². The van der Waals surface area contributed by atoms with Crippen LogP contribution >= 0.6 is 22.6 Å². The molecule has 0 aliphatic rings. The highest BCUT2D eigenvalue weighted by Gasteiger charge is 2.28. The van der Waals surface area contributed by atoms with Gasteiger partial charge in [0.05, 0.1) is 11.7 Å². The Bertz CT molecular complexity index is 414. The lowest BCUT2D eigenvalue weighted by Crippen LogP contribution is -2.40. The monoisotopic (exact) mass is 384 g/mol. The molecule has 6 heteroatoms. The van der Waals surface area contributed by atoms with Gasteiger partial charge in [0, 0.05) is 14.9 Å². The molecular weight excluding hydrogens is 366 g/mol. The molecule has 2 atom stereocenters. The summed E-state index contributed by atoms with van der Waals surface area (Å²) in [6.07, 6.45) is 0. The molecule has 3 N–H and O–H groups in total. The Morgan fingerprint density at radius 2 is 2.00 bits per heavy atom. The van der Waals surface area contributed by atoms with Crippen LogP contribution in [0.1, 0.15) is 39.3 Å². The molecule has 0 fully saturated rings. The first-order valence-corrected chi connectivity index (χ1v) is 7.78. The third-order valence-corrected chi connectivity index (χ3v) is 5.01. The van der Waals surface area contributed by atoms with Crippen LogP contribution in [0, 0.1) is 9.39 Å². The first-order valence-electron chi connectivity index (χ1n) is 5.55. The molecule has 0 saturated heterocycles. The Hall–Kier alpha value is -0.0500. The second-order valence-corrected chi connectivity index (χ2v) is 8.28. The SMILES string of the molecule is C[C@@H](N[S+]([O-])C(C)(C)C)c1cc(F)c(N)c(I)c1. The number of halogens is 2. The molecule has 0 spiro atoms. The lowest BCUT2D eigenvalue weighted by molar-refractivity contribution is 0.530. The fourth-order valence-electron chi connectivity index (χ4n) is 1.26. The third-order valence-electron chi connectivity index (χ3n) is 2.44. The van der Waals surface area contributed by atoms with Crippen LogP contribution in [-0.2, 0) is 11.4 Å². The van der Waals surface area contributed by atoms with Crippen molar-refractivity contribution < 1.29 is 8.94 Å². The Morgan fingerprint density at radius 1 is 1.44 bits per heavy atom. The number of nitrogen functional groups attached to an aromatic ring is 1. The van der Waals surface area contributed by atoms with Gasteiger partial charge in [0.1, 0.15) is 10.6 Å². The van der Waals surface area contributed by atoms with Gasteiger partial charge in [-0.2, -0.15) is 0 Å². The second-order valence-electron chi connectivity index (χ2n) is 5.12. The first-order chi connectivity index (χ1) is 8.12. The molecule has 0 amide bonds. The minimum atomic E-state index is -1.19. The van der Waals surface area contributed by atoms with Gasteiger partial charge in [-0.05, 0) is 68.0 Å². The Labute approximate surface area is 124 Å². The maximum atomic E-state index is 13.5. The van der Waals surface area contributed by atoms with Crippen LogP contribution < -0.4 is 10.5 Å². The van der Waals surface area contributed by atoms with Crippen molar-refractivity contribution >= 4 is 39.6 Å². The molecular formula is C12H18FIN2OS. The highest BCUT2D eigenvalue weighted by Crippen LogP contribution is 2.25. The molecule has 0 aliphatic heterocycles. The average Bonchev–Trinajstić information content (AvgIpc) is 2.23. The second kappa shape index (κ2) is 5.94. The van der Waals surface area contributed by atoms with Gasteiger partial charge < -0.3 is 10.3 Å². The Morgan fingerprint density at radius 3 is 2.44 bits per heavy atom. The molecule has 1 rings (SSSR count). The van der Waals surface area contributed by atoms with Crippen LogP contribution in [0.4, 0.5) is 10.1 Å². The van der Waals surface area contributed by atoms with Crippen molar-refractivity contribution in [1.29, 1.82) is 0 Å². The summed E-state index contributed by atoms with van der Waals surface area (Å²) in [6.45, 7) is 7.51. The van der Waals surface area contributed by atoms with E-state index in [1.807, 2.05) is 50.3 Å². The number of benzene rings is 1. The number of rotatable bonds is 3. The molecule has 0 bridgehead atoms. The van der Waals surface area contributed by atoms with Gasteiger partial charge in [-0.1, -0.05) is 0 Å². The van der Waals surface area contributed by atoms with Crippen LogP contribution in [0.25, 0.3) is 0 Å². The summed E-state index contributed by atoms with van der Waals surface area (Å²) in [7, 11) is 0. The molecule has 1 aromatic rings. The molecule has 0 radical (unpaired) electrons. The summed E-state index contributed by atoms with van der Waals surface area (Å²) in [4.78, 5) is 0. The number of nitrogens with one attached hydrogen (secondary N) is 1. The standard InChI is InChI=1S/C12H18FIN2OS/c1-7(16-18(17)12(2,3)4)8-5-9(13)11(15)10(14)6-8/h5-7,16H,15H2,1-4H3/t7-,18?/m1/s1. The zero-order valence-electron chi connectivity index (χ0n) is 10.9.